The van der Waals surface area contributed by atoms with E-state index in [0.29, 0.717) is 12.3 Å². The molecule has 2 rings (SSSR count). The van der Waals surface area contributed by atoms with Gasteiger partial charge in [-0.3, -0.25) is 4.79 Å². The molecule has 1 N–H and O–H groups in total. The van der Waals surface area contributed by atoms with Crippen LogP contribution in [0.4, 0.5) is 5.69 Å². The van der Waals surface area contributed by atoms with Crippen molar-refractivity contribution in [2.45, 2.75) is 19.8 Å². The van der Waals surface area contributed by atoms with Gasteiger partial charge in [0.15, 0.2) is 0 Å². The zero-order valence-electron chi connectivity index (χ0n) is 9.51. The number of benzene rings is 1. The van der Waals surface area contributed by atoms with E-state index in [9.17, 15) is 4.79 Å². The quantitative estimate of drug-likeness (QED) is 0.877. The Hall–Kier alpha value is -2.17. The molecule has 1 aromatic heterocycles. The standard InChI is InChI=1S/C12H13N3O2/c1-2-4-11(16)14-10-6-3-5-9(7-10)12-15-13-8-17-12/h3,5-8H,2,4H2,1H3,(H,14,16). The van der Waals surface area contributed by atoms with Gasteiger partial charge in [0.1, 0.15) is 0 Å². The third-order valence-corrected chi connectivity index (χ3v) is 2.23. The summed E-state index contributed by atoms with van der Waals surface area (Å²) >= 11 is 0. The molecule has 0 saturated heterocycles. The van der Waals surface area contributed by atoms with Crippen LogP contribution in [0.25, 0.3) is 11.5 Å². The van der Waals surface area contributed by atoms with Crippen LogP contribution in [0.15, 0.2) is 35.1 Å². The summed E-state index contributed by atoms with van der Waals surface area (Å²) in [6.07, 6.45) is 2.62. The van der Waals surface area contributed by atoms with Crippen LogP contribution in [0, 0.1) is 0 Å². The molecule has 0 unspecified atom stereocenters. The van der Waals surface area contributed by atoms with Crippen LogP contribution in [0.2, 0.25) is 0 Å². The van der Waals surface area contributed by atoms with E-state index in [-0.39, 0.29) is 5.91 Å². The lowest BCUT2D eigenvalue weighted by molar-refractivity contribution is -0.116. The molecule has 0 saturated carbocycles. The number of hydrogen-bond acceptors (Lipinski definition) is 4. The first-order valence-electron chi connectivity index (χ1n) is 5.46. The first-order chi connectivity index (χ1) is 8.29. The predicted molar refractivity (Wildman–Crippen MR) is 63.3 cm³/mol. The maximum absolute atomic E-state index is 11.4. The largest absolute Gasteiger partial charge is 0.423 e. The average molecular weight is 231 g/mol. The zero-order valence-corrected chi connectivity index (χ0v) is 9.51. The van der Waals surface area contributed by atoms with E-state index in [1.165, 1.54) is 6.39 Å². The average Bonchev–Trinajstić information content (AvgIpc) is 2.83. The maximum Gasteiger partial charge on any atom is 0.247 e. The first kappa shape index (κ1) is 11.3. The number of rotatable bonds is 4. The van der Waals surface area contributed by atoms with E-state index in [1.807, 2.05) is 25.1 Å². The van der Waals surface area contributed by atoms with Gasteiger partial charge in [0.05, 0.1) is 0 Å². The summed E-state index contributed by atoms with van der Waals surface area (Å²) in [4.78, 5) is 11.4. The molecule has 1 heterocycles. The fraction of sp³-hybridized carbons (Fsp3) is 0.250. The number of amides is 1. The number of anilines is 1. The van der Waals surface area contributed by atoms with Crippen molar-refractivity contribution in [1.29, 1.82) is 0 Å². The molecule has 1 aromatic carbocycles. The second-order valence-electron chi connectivity index (χ2n) is 3.62. The number of carbonyl (C=O) groups is 1. The van der Waals surface area contributed by atoms with Crippen molar-refractivity contribution >= 4 is 11.6 Å². The smallest absolute Gasteiger partial charge is 0.247 e. The molecular formula is C12H13N3O2. The number of hydrogen-bond donors (Lipinski definition) is 1. The summed E-state index contributed by atoms with van der Waals surface area (Å²) in [6, 6.07) is 7.32. The Bertz CT molecular complexity index is 494. The summed E-state index contributed by atoms with van der Waals surface area (Å²) in [5.41, 5.74) is 1.52. The maximum atomic E-state index is 11.4. The normalized spacial score (nSPS) is 10.2. The van der Waals surface area contributed by atoms with Gasteiger partial charge in [0.25, 0.3) is 0 Å². The van der Waals surface area contributed by atoms with Crippen LogP contribution in [0.5, 0.6) is 0 Å². The van der Waals surface area contributed by atoms with Gasteiger partial charge < -0.3 is 9.73 Å². The number of nitrogens with one attached hydrogen (secondary N) is 1. The van der Waals surface area contributed by atoms with E-state index >= 15 is 0 Å². The van der Waals surface area contributed by atoms with Crippen LogP contribution in [-0.4, -0.2) is 16.1 Å². The Morgan fingerprint density at radius 1 is 1.47 bits per heavy atom. The van der Waals surface area contributed by atoms with Crippen molar-refractivity contribution in [3.8, 4) is 11.5 Å². The predicted octanol–water partition coefficient (Wildman–Crippen LogP) is 2.48. The number of nitrogens with zero attached hydrogens (tertiary/aromatic N) is 2. The zero-order chi connectivity index (χ0) is 12.1. The van der Waals surface area contributed by atoms with E-state index in [1.54, 1.807) is 6.07 Å². The lowest BCUT2D eigenvalue weighted by atomic mass is 10.2. The fourth-order valence-electron chi connectivity index (χ4n) is 1.48. The van der Waals surface area contributed by atoms with Crippen LogP contribution in [0.3, 0.4) is 0 Å². The van der Waals surface area contributed by atoms with E-state index in [0.717, 1.165) is 17.7 Å². The lowest BCUT2D eigenvalue weighted by Gasteiger charge is -2.04. The van der Waals surface area contributed by atoms with E-state index in [2.05, 4.69) is 15.5 Å². The fourth-order valence-corrected chi connectivity index (χ4v) is 1.48. The van der Waals surface area contributed by atoms with Gasteiger partial charge in [0.2, 0.25) is 18.2 Å². The number of aromatic nitrogens is 2. The molecule has 0 bridgehead atoms. The highest BCUT2D eigenvalue weighted by Gasteiger charge is 2.05. The van der Waals surface area contributed by atoms with E-state index < -0.39 is 0 Å². The highest BCUT2D eigenvalue weighted by Crippen LogP contribution is 2.20. The summed E-state index contributed by atoms with van der Waals surface area (Å²) in [6.45, 7) is 1.97. The molecule has 0 radical (unpaired) electrons. The molecule has 0 aliphatic carbocycles. The van der Waals surface area contributed by atoms with Crippen molar-refractivity contribution in [3.63, 3.8) is 0 Å². The van der Waals surface area contributed by atoms with Crippen molar-refractivity contribution < 1.29 is 9.21 Å². The van der Waals surface area contributed by atoms with Gasteiger partial charge in [-0.05, 0) is 24.6 Å². The molecule has 5 heteroatoms. The second kappa shape index (κ2) is 5.25. The molecule has 0 atom stereocenters. The Kier molecular flexibility index (Phi) is 3.49. The van der Waals surface area contributed by atoms with Crippen molar-refractivity contribution in [1.82, 2.24) is 10.2 Å². The van der Waals surface area contributed by atoms with Crippen molar-refractivity contribution in [2.75, 3.05) is 5.32 Å². The Balaban J connectivity index is 2.15. The molecule has 0 aliphatic heterocycles. The highest BCUT2D eigenvalue weighted by molar-refractivity contribution is 5.91. The summed E-state index contributed by atoms with van der Waals surface area (Å²) in [7, 11) is 0. The third-order valence-electron chi connectivity index (χ3n) is 2.23. The van der Waals surface area contributed by atoms with Gasteiger partial charge in [-0.15, -0.1) is 10.2 Å². The molecule has 0 spiro atoms. The Labute approximate surface area is 98.9 Å². The minimum absolute atomic E-state index is 0.00943. The van der Waals surface area contributed by atoms with Crippen LogP contribution in [-0.2, 0) is 4.79 Å². The van der Waals surface area contributed by atoms with Gasteiger partial charge in [-0.1, -0.05) is 13.0 Å². The van der Waals surface area contributed by atoms with Crippen molar-refractivity contribution in [3.05, 3.63) is 30.7 Å². The molecule has 2 aromatic rings. The molecule has 1 amide bonds. The van der Waals surface area contributed by atoms with Gasteiger partial charge in [-0.2, -0.15) is 0 Å². The topological polar surface area (TPSA) is 68.0 Å². The van der Waals surface area contributed by atoms with Crippen LogP contribution in [0.1, 0.15) is 19.8 Å². The summed E-state index contributed by atoms with van der Waals surface area (Å²) in [5.74, 6) is 0.451. The Morgan fingerprint density at radius 3 is 3.06 bits per heavy atom. The molecular weight excluding hydrogens is 218 g/mol. The molecule has 0 fully saturated rings. The monoisotopic (exact) mass is 231 g/mol. The highest BCUT2D eigenvalue weighted by atomic mass is 16.4. The van der Waals surface area contributed by atoms with E-state index in [4.69, 9.17) is 4.42 Å². The first-order valence-corrected chi connectivity index (χ1v) is 5.46. The molecule has 88 valence electrons. The summed E-state index contributed by atoms with van der Waals surface area (Å²) < 4.78 is 5.09. The molecule has 17 heavy (non-hydrogen) atoms. The molecule has 5 nitrogen and oxygen atoms in total. The van der Waals surface area contributed by atoms with Crippen LogP contribution < -0.4 is 5.32 Å². The van der Waals surface area contributed by atoms with Gasteiger partial charge in [-0.25, -0.2) is 0 Å². The molecule has 0 aliphatic rings. The summed E-state index contributed by atoms with van der Waals surface area (Å²) in [5, 5.41) is 10.2. The second-order valence-corrected chi connectivity index (χ2v) is 3.62. The van der Waals surface area contributed by atoms with Gasteiger partial charge in [0, 0.05) is 17.7 Å². The Morgan fingerprint density at radius 2 is 2.35 bits per heavy atom. The lowest BCUT2D eigenvalue weighted by Crippen LogP contribution is -2.10. The SMILES string of the molecule is CCCC(=O)Nc1cccc(-c2nnco2)c1. The minimum atomic E-state index is 0.00943. The van der Waals surface area contributed by atoms with Gasteiger partial charge >= 0.3 is 0 Å². The third kappa shape index (κ3) is 2.90. The minimum Gasteiger partial charge on any atom is -0.423 e. The number of carbonyl (C=O) groups excluding carboxylic acids is 1. The van der Waals surface area contributed by atoms with Crippen molar-refractivity contribution in [2.24, 2.45) is 0 Å². The van der Waals surface area contributed by atoms with Crippen LogP contribution >= 0.6 is 0 Å².